The number of hydrogen-bond donors (Lipinski definition) is 8. The van der Waals surface area contributed by atoms with Crippen molar-refractivity contribution in [2.75, 3.05) is 6.61 Å². The second-order valence-electron chi connectivity index (χ2n) is 13.1. The largest absolute Gasteiger partial charge is 0.472 e. The Bertz CT molecular complexity index is 806. The number of carbonyl (C=O) groups is 1. The fourth-order valence-electron chi connectivity index (χ4n) is 5.85. The van der Waals surface area contributed by atoms with Crippen molar-refractivity contribution in [3.63, 3.8) is 0 Å². The summed E-state index contributed by atoms with van der Waals surface area (Å²) in [5.41, 5.74) is 0. The monoisotopic (exact) mass is 683 g/mol. The van der Waals surface area contributed by atoms with Crippen LogP contribution < -0.4 is 5.32 Å². The lowest BCUT2D eigenvalue weighted by Crippen LogP contribution is -2.64. The van der Waals surface area contributed by atoms with Gasteiger partial charge in [-0.05, 0) is 12.8 Å². The molecule has 12 nitrogen and oxygen atoms in total. The molecule has 0 spiro atoms. The number of amides is 1. The maximum atomic E-state index is 12.7. The SMILES string of the molecule is CCCCCCCCCCCCCC[C@@H](O)[C@H](COP(=O)(O)OC1C(O)C(O)C(O)[C@@H](O)C1O)NC(=O)CCCCCCCCC. The molecule has 1 amide bonds. The first-order chi connectivity index (χ1) is 21.9. The molecule has 0 radical (unpaired) electrons. The minimum absolute atomic E-state index is 0.238. The lowest BCUT2D eigenvalue weighted by molar-refractivity contribution is -0.220. The fraction of sp³-hybridized carbons (Fsp3) is 0.970. The second kappa shape index (κ2) is 25.3. The van der Waals surface area contributed by atoms with E-state index in [4.69, 9.17) is 9.05 Å². The summed E-state index contributed by atoms with van der Waals surface area (Å²) < 4.78 is 22.7. The van der Waals surface area contributed by atoms with Crippen LogP contribution in [0.4, 0.5) is 0 Å². The summed E-state index contributed by atoms with van der Waals surface area (Å²) in [4.78, 5) is 23.0. The normalized spacial score (nSPS) is 26.0. The zero-order chi connectivity index (χ0) is 34.4. The number of hydrogen-bond acceptors (Lipinski definition) is 10. The van der Waals surface area contributed by atoms with Gasteiger partial charge in [0.25, 0.3) is 0 Å². The standard InChI is InChI=1S/C33H66NO11P/c1-3-5-7-9-11-12-13-14-15-17-18-20-22-26(35)25(34-27(36)23-21-19-16-10-8-6-4-2)24-44-46(42,43)45-33-31(40)29(38)28(37)30(39)32(33)41/h25-26,28-33,35,37-41H,3-24H2,1-2H3,(H,34,36)(H,42,43)/t25-,26+,28?,29+,30?,31?,32?,33?/m0/s1. The Labute approximate surface area is 276 Å². The van der Waals surface area contributed by atoms with E-state index in [2.05, 4.69) is 19.2 Å². The molecule has 0 heterocycles. The van der Waals surface area contributed by atoms with Crippen LogP contribution in [0.15, 0.2) is 0 Å². The molecule has 1 aliphatic carbocycles. The molecule has 0 aliphatic heterocycles. The van der Waals surface area contributed by atoms with E-state index in [1.807, 2.05) is 0 Å². The number of phosphoric ester groups is 1. The van der Waals surface area contributed by atoms with Crippen molar-refractivity contribution >= 4 is 13.7 Å². The van der Waals surface area contributed by atoms with Gasteiger partial charge in [0.1, 0.15) is 36.6 Å². The highest BCUT2D eigenvalue weighted by Crippen LogP contribution is 2.47. The van der Waals surface area contributed by atoms with E-state index in [1.165, 1.54) is 64.2 Å². The van der Waals surface area contributed by atoms with Crippen LogP contribution in [0.2, 0.25) is 0 Å². The van der Waals surface area contributed by atoms with Crippen LogP contribution in [0, 0.1) is 0 Å². The molecule has 1 saturated carbocycles. The molecule has 6 unspecified atom stereocenters. The highest BCUT2D eigenvalue weighted by atomic mass is 31.2. The molecule has 1 rings (SSSR count). The summed E-state index contributed by atoms with van der Waals surface area (Å²) in [6, 6.07) is -1.02. The molecule has 46 heavy (non-hydrogen) atoms. The van der Waals surface area contributed by atoms with E-state index in [-0.39, 0.29) is 12.3 Å². The second-order valence-corrected chi connectivity index (χ2v) is 14.5. The smallest absolute Gasteiger partial charge is 0.391 e. The van der Waals surface area contributed by atoms with E-state index in [0.717, 1.165) is 44.9 Å². The number of nitrogens with one attached hydrogen (secondary N) is 1. The Morgan fingerprint density at radius 1 is 0.652 bits per heavy atom. The summed E-state index contributed by atoms with van der Waals surface area (Å²) in [5, 5.41) is 63.5. The predicted octanol–water partition coefficient (Wildman–Crippen LogP) is 4.38. The van der Waals surface area contributed by atoms with Crippen molar-refractivity contribution in [2.24, 2.45) is 0 Å². The van der Waals surface area contributed by atoms with Crippen LogP contribution >= 0.6 is 7.82 Å². The molecule has 0 aromatic heterocycles. The van der Waals surface area contributed by atoms with E-state index < -0.39 is 63.2 Å². The number of rotatable bonds is 28. The lowest BCUT2D eigenvalue weighted by atomic mass is 9.85. The van der Waals surface area contributed by atoms with Crippen molar-refractivity contribution in [1.82, 2.24) is 5.32 Å². The number of phosphoric acid groups is 1. The Balaban J connectivity index is 2.60. The minimum atomic E-state index is -5.03. The fourth-order valence-corrected chi connectivity index (χ4v) is 6.81. The quantitative estimate of drug-likeness (QED) is 0.0429. The number of carbonyl (C=O) groups excluding carboxylic acids is 1. The third kappa shape index (κ3) is 18.2. The molecule has 0 bridgehead atoms. The third-order valence-electron chi connectivity index (χ3n) is 8.92. The first kappa shape index (κ1) is 43.4. The van der Waals surface area contributed by atoms with Gasteiger partial charge >= 0.3 is 7.82 Å². The van der Waals surface area contributed by atoms with E-state index in [0.29, 0.717) is 19.3 Å². The van der Waals surface area contributed by atoms with E-state index in [1.54, 1.807) is 0 Å². The van der Waals surface area contributed by atoms with Crippen LogP contribution in [-0.2, 0) is 18.4 Å². The summed E-state index contributed by atoms with van der Waals surface area (Å²) in [5.74, 6) is -0.317. The van der Waals surface area contributed by atoms with Crippen molar-refractivity contribution in [1.29, 1.82) is 0 Å². The number of aliphatic hydroxyl groups is 6. The van der Waals surface area contributed by atoms with Gasteiger partial charge in [-0.3, -0.25) is 13.8 Å². The third-order valence-corrected chi connectivity index (χ3v) is 9.90. The molecule has 13 heteroatoms. The average Bonchev–Trinajstić information content (AvgIpc) is 3.03. The lowest BCUT2D eigenvalue weighted by Gasteiger charge is -2.41. The van der Waals surface area contributed by atoms with Gasteiger partial charge in [-0.1, -0.05) is 129 Å². The highest BCUT2D eigenvalue weighted by molar-refractivity contribution is 7.47. The molecular weight excluding hydrogens is 617 g/mol. The molecule has 1 aliphatic rings. The summed E-state index contributed by atoms with van der Waals surface area (Å²) >= 11 is 0. The molecule has 9 atom stereocenters. The molecule has 274 valence electrons. The van der Waals surface area contributed by atoms with Gasteiger partial charge < -0.3 is 40.8 Å². The van der Waals surface area contributed by atoms with Gasteiger partial charge in [0.2, 0.25) is 5.91 Å². The van der Waals surface area contributed by atoms with Crippen LogP contribution in [0.25, 0.3) is 0 Å². The Hall–Kier alpha value is -0.660. The van der Waals surface area contributed by atoms with E-state index >= 15 is 0 Å². The molecule has 0 aromatic rings. The van der Waals surface area contributed by atoms with Gasteiger partial charge in [0.05, 0.1) is 18.8 Å². The van der Waals surface area contributed by atoms with Crippen LogP contribution in [0.1, 0.15) is 149 Å². The Kier molecular flexibility index (Phi) is 23.9. The molecule has 8 N–H and O–H groups in total. The van der Waals surface area contributed by atoms with Gasteiger partial charge in [-0.15, -0.1) is 0 Å². The zero-order valence-electron chi connectivity index (χ0n) is 28.4. The molecular formula is C33H66NO11P. The van der Waals surface area contributed by atoms with Crippen molar-refractivity contribution in [2.45, 2.75) is 197 Å². The van der Waals surface area contributed by atoms with E-state index in [9.17, 15) is 44.9 Å². The van der Waals surface area contributed by atoms with Gasteiger partial charge in [0.15, 0.2) is 0 Å². The number of unbranched alkanes of at least 4 members (excludes halogenated alkanes) is 17. The predicted molar refractivity (Wildman–Crippen MR) is 177 cm³/mol. The van der Waals surface area contributed by atoms with Crippen molar-refractivity contribution in [3.05, 3.63) is 0 Å². The highest BCUT2D eigenvalue weighted by Gasteiger charge is 2.51. The topological polar surface area (TPSA) is 206 Å². The van der Waals surface area contributed by atoms with Gasteiger partial charge in [-0.25, -0.2) is 4.57 Å². The molecule has 1 fully saturated rings. The maximum Gasteiger partial charge on any atom is 0.472 e. The Morgan fingerprint density at radius 2 is 1.04 bits per heavy atom. The van der Waals surface area contributed by atoms with Crippen molar-refractivity contribution in [3.8, 4) is 0 Å². The van der Waals surface area contributed by atoms with Gasteiger partial charge in [-0.2, -0.15) is 0 Å². The minimum Gasteiger partial charge on any atom is -0.391 e. The zero-order valence-corrected chi connectivity index (χ0v) is 29.3. The van der Waals surface area contributed by atoms with Gasteiger partial charge in [0, 0.05) is 6.42 Å². The Morgan fingerprint density at radius 3 is 1.50 bits per heavy atom. The summed E-state index contributed by atoms with van der Waals surface area (Å²) in [6.07, 6.45) is 8.99. The summed E-state index contributed by atoms with van der Waals surface area (Å²) in [7, 11) is -5.03. The maximum absolute atomic E-state index is 12.7. The summed E-state index contributed by atoms with van der Waals surface area (Å²) in [6.45, 7) is 3.78. The number of aliphatic hydroxyl groups excluding tert-OH is 6. The average molecular weight is 684 g/mol. The van der Waals surface area contributed by atoms with Crippen molar-refractivity contribution < 1.29 is 53.9 Å². The molecule has 0 saturated heterocycles. The van der Waals surface area contributed by atoms with Crippen LogP contribution in [-0.4, -0.2) is 96.8 Å². The molecule has 0 aromatic carbocycles. The first-order valence-corrected chi connectivity index (χ1v) is 19.5. The first-order valence-electron chi connectivity index (χ1n) is 18.0. The van der Waals surface area contributed by atoms with Crippen LogP contribution in [0.3, 0.4) is 0 Å². The van der Waals surface area contributed by atoms with Crippen LogP contribution in [0.5, 0.6) is 0 Å².